The standard InChI is InChI=1S/C18H27N3O/c1-5-18(3,6-2)17(22)20-13-15-9-11-21(4)16(15)14-8-7-10-19-12-14/h5,7-8,10,12,15-16H,1,6,9,11,13H2,2-4H3,(H,20,22)/t15-,16-,18?/m0/s1. The fraction of sp³-hybridized carbons (Fsp3) is 0.556. The Balaban J connectivity index is 2.03. The number of hydrogen-bond acceptors (Lipinski definition) is 3. The predicted molar refractivity (Wildman–Crippen MR) is 89.3 cm³/mol. The number of nitrogens with zero attached hydrogens (tertiary/aromatic N) is 2. The van der Waals surface area contributed by atoms with Gasteiger partial charge >= 0.3 is 0 Å². The van der Waals surface area contributed by atoms with E-state index < -0.39 is 5.41 Å². The van der Waals surface area contributed by atoms with Gasteiger partial charge in [-0.2, -0.15) is 0 Å². The number of carbonyl (C=O) groups excluding carboxylic acids is 1. The summed E-state index contributed by atoms with van der Waals surface area (Å²) >= 11 is 0. The molecule has 0 aliphatic carbocycles. The van der Waals surface area contributed by atoms with E-state index in [0.717, 1.165) is 19.4 Å². The Morgan fingerprint density at radius 3 is 3.00 bits per heavy atom. The molecule has 2 heterocycles. The van der Waals surface area contributed by atoms with Gasteiger partial charge in [0.05, 0.1) is 5.41 Å². The van der Waals surface area contributed by atoms with Crippen LogP contribution in [0.5, 0.6) is 0 Å². The number of likely N-dealkylation sites (tertiary alicyclic amines) is 1. The molecule has 0 radical (unpaired) electrons. The van der Waals surface area contributed by atoms with Crippen molar-refractivity contribution < 1.29 is 4.79 Å². The van der Waals surface area contributed by atoms with Crippen molar-refractivity contribution in [1.82, 2.24) is 15.2 Å². The SMILES string of the molecule is C=CC(C)(CC)C(=O)NC[C@@H]1CCN(C)[C@H]1c1cccnc1. The molecule has 22 heavy (non-hydrogen) atoms. The first-order chi connectivity index (χ1) is 10.5. The van der Waals surface area contributed by atoms with E-state index in [1.807, 2.05) is 26.1 Å². The Labute approximate surface area is 133 Å². The summed E-state index contributed by atoms with van der Waals surface area (Å²) in [5.41, 5.74) is 0.748. The number of pyridine rings is 1. The molecule has 0 bridgehead atoms. The molecular weight excluding hydrogens is 274 g/mol. The molecule has 1 aromatic rings. The molecule has 1 amide bonds. The number of aromatic nitrogens is 1. The Morgan fingerprint density at radius 2 is 2.41 bits per heavy atom. The second kappa shape index (κ2) is 7.05. The Hall–Kier alpha value is -1.68. The van der Waals surface area contributed by atoms with E-state index in [1.54, 1.807) is 12.3 Å². The van der Waals surface area contributed by atoms with Crippen molar-refractivity contribution in [2.45, 2.75) is 32.7 Å². The summed E-state index contributed by atoms with van der Waals surface area (Å²) in [5, 5.41) is 3.13. The Kier molecular flexibility index (Phi) is 5.35. The third-order valence-electron chi connectivity index (χ3n) is 5.03. The number of rotatable bonds is 6. The van der Waals surface area contributed by atoms with Gasteiger partial charge in [-0.3, -0.25) is 14.7 Å². The van der Waals surface area contributed by atoms with E-state index in [1.165, 1.54) is 5.56 Å². The first kappa shape index (κ1) is 16.7. The van der Waals surface area contributed by atoms with Crippen LogP contribution in [0.1, 0.15) is 38.3 Å². The van der Waals surface area contributed by atoms with Crippen LogP contribution >= 0.6 is 0 Å². The van der Waals surface area contributed by atoms with Crippen LogP contribution in [0.25, 0.3) is 0 Å². The highest BCUT2D eigenvalue weighted by Gasteiger charge is 2.34. The van der Waals surface area contributed by atoms with Crippen LogP contribution in [0.4, 0.5) is 0 Å². The molecule has 1 aliphatic heterocycles. The van der Waals surface area contributed by atoms with Crippen LogP contribution in [0.2, 0.25) is 0 Å². The van der Waals surface area contributed by atoms with Gasteiger partial charge in [0.15, 0.2) is 0 Å². The number of hydrogen-bond donors (Lipinski definition) is 1. The highest BCUT2D eigenvalue weighted by molar-refractivity contribution is 5.84. The van der Waals surface area contributed by atoms with Gasteiger partial charge in [-0.25, -0.2) is 0 Å². The summed E-state index contributed by atoms with van der Waals surface area (Å²) in [7, 11) is 2.14. The molecule has 4 nitrogen and oxygen atoms in total. The van der Waals surface area contributed by atoms with Gasteiger partial charge in [0.25, 0.3) is 0 Å². The number of amides is 1. The monoisotopic (exact) mass is 301 g/mol. The summed E-state index contributed by atoms with van der Waals surface area (Å²) in [5.74, 6) is 0.494. The largest absolute Gasteiger partial charge is 0.355 e. The molecule has 0 saturated carbocycles. The average Bonchev–Trinajstić information content (AvgIpc) is 2.93. The first-order valence-corrected chi connectivity index (χ1v) is 8.04. The molecule has 2 rings (SSSR count). The molecule has 3 atom stereocenters. The second-order valence-corrected chi connectivity index (χ2v) is 6.45. The van der Waals surface area contributed by atoms with Crippen molar-refractivity contribution in [3.8, 4) is 0 Å². The maximum atomic E-state index is 12.4. The Morgan fingerprint density at radius 1 is 1.64 bits per heavy atom. The van der Waals surface area contributed by atoms with Crippen LogP contribution in [0.3, 0.4) is 0 Å². The lowest BCUT2D eigenvalue weighted by molar-refractivity contribution is -0.128. The van der Waals surface area contributed by atoms with E-state index in [2.05, 4.69) is 34.9 Å². The van der Waals surface area contributed by atoms with Crippen molar-refractivity contribution in [2.24, 2.45) is 11.3 Å². The van der Waals surface area contributed by atoms with Crippen LogP contribution in [-0.2, 0) is 4.79 Å². The number of carbonyl (C=O) groups is 1. The van der Waals surface area contributed by atoms with Crippen LogP contribution in [0.15, 0.2) is 37.2 Å². The Bertz CT molecular complexity index is 516. The zero-order valence-corrected chi connectivity index (χ0v) is 13.9. The highest BCUT2D eigenvalue weighted by atomic mass is 16.2. The van der Waals surface area contributed by atoms with Crippen LogP contribution < -0.4 is 5.32 Å². The molecule has 1 aromatic heterocycles. The summed E-state index contributed by atoms with van der Waals surface area (Å²) < 4.78 is 0. The first-order valence-electron chi connectivity index (χ1n) is 8.04. The van der Waals surface area contributed by atoms with Crippen molar-refractivity contribution in [3.63, 3.8) is 0 Å². The zero-order valence-electron chi connectivity index (χ0n) is 13.9. The smallest absolute Gasteiger partial charge is 0.229 e. The minimum Gasteiger partial charge on any atom is -0.355 e. The second-order valence-electron chi connectivity index (χ2n) is 6.45. The van der Waals surface area contributed by atoms with E-state index in [-0.39, 0.29) is 5.91 Å². The number of nitrogens with one attached hydrogen (secondary N) is 1. The fourth-order valence-electron chi connectivity index (χ4n) is 3.14. The molecule has 4 heteroatoms. The predicted octanol–water partition coefficient (Wildman–Crippen LogP) is 2.79. The van der Waals surface area contributed by atoms with E-state index in [0.29, 0.717) is 18.5 Å². The molecule has 120 valence electrons. The average molecular weight is 301 g/mol. The quantitative estimate of drug-likeness (QED) is 0.822. The lowest BCUT2D eigenvalue weighted by Crippen LogP contribution is -2.40. The minimum atomic E-state index is -0.478. The lowest BCUT2D eigenvalue weighted by atomic mass is 9.86. The van der Waals surface area contributed by atoms with Gasteiger partial charge in [0.1, 0.15) is 0 Å². The fourth-order valence-corrected chi connectivity index (χ4v) is 3.14. The van der Waals surface area contributed by atoms with Crippen molar-refractivity contribution in [1.29, 1.82) is 0 Å². The molecular formula is C18H27N3O. The van der Waals surface area contributed by atoms with Gasteiger partial charge in [0, 0.05) is 25.0 Å². The van der Waals surface area contributed by atoms with Gasteiger partial charge in [-0.05, 0) is 50.9 Å². The van der Waals surface area contributed by atoms with Gasteiger partial charge < -0.3 is 5.32 Å². The van der Waals surface area contributed by atoms with Gasteiger partial charge in [0.2, 0.25) is 5.91 Å². The van der Waals surface area contributed by atoms with E-state index in [4.69, 9.17) is 0 Å². The normalized spacial score (nSPS) is 24.7. The summed E-state index contributed by atoms with van der Waals surface area (Å²) in [6, 6.07) is 4.42. The molecule has 1 saturated heterocycles. The molecule has 1 unspecified atom stereocenters. The maximum absolute atomic E-state index is 12.4. The van der Waals surface area contributed by atoms with E-state index in [9.17, 15) is 4.79 Å². The highest BCUT2D eigenvalue weighted by Crippen LogP contribution is 2.35. The summed E-state index contributed by atoms with van der Waals surface area (Å²) in [4.78, 5) is 19.0. The molecule has 1 fully saturated rings. The third-order valence-corrected chi connectivity index (χ3v) is 5.03. The molecule has 1 N–H and O–H groups in total. The zero-order chi connectivity index (χ0) is 16.2. The van der Waals surface area contributed by atoms with Crippen molar-refractivity contribution >= 4 is 5.91 Å². The summed E-state index contributed by atoms with van der Waals surface area (Å²) in [6.07, 6.45) is 7.33. The van der Waals surface area contributed by atoms with Crippen LogP contribution in [-0.4, -0.2) is 35.9 Å². The topological polar surface area (TPSA) is 45.2 Å². The molecule has 1 aliphatic rings. The minimum absolute atomic E-state index is 0.0736. The summed E-state index contributed by atoms with van der Waals surface area (Å²) in [6.45, 7) is 9.51. The van der Waals surface area contributed by atoms with Gasteiger partial charge in [-0.1, -0.05) is 19.1 Å². The van der Waals surface area contributed by atoms with Crippen molar-refractivity contribution in [3.05, 3.63) is 42.7 Å². The molecule has 0 aromatic carbocycles. The molecule has 0 spiro atoms. The van der Waals surface area contributed by atoms with E-state index >= 15 is 0 Å². The van der Waals surface area contributed by atoms with Crippen molar-refractivity contribution in [2.75, 3.05) is 20.1 Å². The van der Waals surface area contributed by atoms with Gasteiger partial charge in [-0.15, -0.1) is 6.58 Å². The van der Waals surface area contributed by atoms with Crippen LogP contribution in [0, 0.1) is 11.3 Å². The third kappa shape index (κ3) is 3.38. The maximum Gasteiger partial charge on any atom is 0.229 e. The lowest BCUT2D eigenvalue weighted by Gasteiger charge is -2.28.